The zero-order valence-corrected chi connectivity index (χ0v) is 18.2. The van der Waals surface area contributed by atoms with E-state index in [1.54, 1.807) is 26.0 Å². The molecule has 3 N–H and O–H groups in total. The van der Waals surface area contributed by atoms with Crippen molar-refractivity contribution in [2.24, 2.45) is 11.7 Å². The summed E-state index contributed by atoms with van der Waals surface area (Å²) in [4.78, 5) is 9.08. The molecule has 0 unspecified atom stereocenters. The van der Waals surface area contributed by atoms with Gasteiger partial charge in [-0.1, -0.05) is 44.2 Å². The second kappa shape index (κ2) is 11.4. The molecule has 2 aromatic carbocycles. The maximum atomic E-state index is 13.4. The largest absolute Gasteiger partial charge is 0.390 e. The van der Waals surface area contributed by atoms with Gasteiger partial charge in [0.05, 0.1) is 21.4 Å². The monoisotopic (exact) mass is 461 g/mol. The molecule has 0 heterocycles. The number of aliphatic hydroxyl groups excluding tert-OH is 1. The SMILES string of the molecule is Cl.[2H]c1c([2H])c(S(=O)(=O)N(CC(C)C)C[C@@H](O)[C@@H](N)Cc2ccccc2)c([2H])c([2H])c1[N+](=O)[O-]. The van der Waals surface area contributed by atoms with Crippen LogP contribution in [0.3, 0.4) is 0 Å². The van der Waals surface area contributed by atoms with Crippen LogP contribution in [-0.2, 0) is 16.4 Å². The molecule has 8 nitrogen and oxygen atoms in total. The fourth-order valence-electron chi connectivity index (χ4n) is 2.69. The zero-order chi connectivity index (χ0) is 25.1. The molecular formula is C20H28ClN3O5S. The van der Waals surface area contributed by atoms with Gasteiger partial charge in [-0.2, -0.15) is 4.31 Å². The van der Waals surface area contributed by atoms with Gasteiger partial charge in [0, 0.05) is 31.2 Å². The summed E-state index contributed by atoms with van der Waals surface area (Å²) in [6, 6.07) is 4.03. The number of aliphatic hydroxyl groups is 1. The quantitative estimate of drug-likeness (QED) is 0.413. The summed E-state index contributed by atoms with van der Waals surface area (Å²) in [6.07, 6.45) is -1.03. The second-order valence-electron chi connectivity index (χ2n) is 7.07. The smallest absolute Gasteiger partial charge is 0.269 e. The molecule has 0 aromatic heterocycles. The number of nitrogens with two attached hydrogens (primary N) is 1. The summed E-state index contributed by atoms with van der Waals surface area (Å²) in [5, 5.41) is 21.8. The van der Waals surface area contributed by atoms with Crippen molar-refractivity contribution in [3.8, 4) is 0 Å². The molecule has 0 radical (unpaired) electrons. The van der Waals surface area contributed by atoms with Gasteiger partial charge in [0.15, 0.2) is 0 Å². The minimum atomic E-state index is -4.67. The van der Waals surface area contributed by atoms with Gasteiger partial charge >= 0.3 is 0 Å². The molecule has 0 saturated heterocycles. The van der Waals surface area contributed by atoms with Crippen LogP contribution in [-0.4, -0.2) is 48.0 Å². The Bertz CT molecular complexity index is 1090. The van der Waals surface area contributed by atoms with E-state index in [9.17, 15) is 23.6 Å². The fraction of sp³-hybridized carbons (Fsp3) is 0.400. The number of hydrogen-bond donors (Lipinski definition) is 2. The fourth-order valence-corrected chi connectivity index (χ4v) is 4.15. The summed E-state index contributed by atoms with van der Waals surface area (Å²) >= 11 is 0. The Morgan fingerprint density at radius 2 is 1.73 bits per heavy atom. The van der Waals surface area contributed by atoms with Crippen LogP contribution in [0.1, 0.15) is 24.9 Å². The van der Waals surface area contributed by atoms with Crippen molar-refractivity contribution in [3.05, 3.63) is 70.2 Å². The third-order valence-electron chi connectivity index (χ3n) is 4.14. The first kappa shape index (κ1) is 19.9. The third kappa shape index (κ3) is 7.03. The minimum Gasteiger partial charge on any atom is -0.390 e. The van der Waals surface area contributed by atoms with Crippen LogP contribution in [0, 0.1) is 16.0 Å². The molecule has 10 heteroatoms. The molecule has 0 fully saturated rings. The van der Waals surface area contributed by atoms with Gasteiger partial charge in [-0.3, -0.25) is 10.1 Å². The average molecular weight is 462 g/mol. The molecule has 0 aliphatic heterocycles. The molecule has 30 heavy (non-hydrogen) atoms. The number of nitrogens with zero attached hydrogens (tertiary/aromatic N) is 2. The van der Waals surface area contributed by atoms with Crippen LogP contribution in [0.25, 0.3) is 0 Å². The zero-order valence-electron chi connectivity index (χ0n) is 20.6. The van der Waals surface area contributed by atoms with Crippen molar-refractivity contribution in [1.82, 2.24) is 4.31 Å². The molecule has 166 valence electrons. The van der Waals surface area contributed by atoms with Crippen molar-refractivity contribution in [2.45, 2.75) is 37.3 Å². The summed E-state index contributed by atoms with van der Waals surface area (Å²) in [5.74, 6) is -0.218. The van der Waals surface area contributed by atoms with E-state index in [1.807, 2.05) is 18.2 Å². The highest BCUT2D eigenvalue weighted by atomic mass is 35.5. The highest BCUT2D eigenvalue weighted by Gasteiger charge is 2.29. The lowest BCUT2D eigenvalue weighted by molar-refractivity contribution is -0.384. The molecule has 0 aliphatic rings. The Hall–Kier alpha value is -2.04. The van der Waals surface area contributed by atoms with Gasteiger partial charge in [0.25, 0.3) is 5.69 Å². The topological polar surface area (TPSA) is 127 Å². The Balaban J connectivity index is 0.00000578. The molecule has 0 saturated carbocycles. The van der Waals surface area contributed by atoms with E-state index in [0.717, 1.165) is 9.87 Å². The van der Waals surface area contributed by atoms with E-state index in [0.29, 0.717) is 0 Å². The number of nitro groups is 1. The Morgan fingerprint density at radius 1 is 1.17 bits per heavy atom. The predicted octanol–water partition coefficient (Wildman–Crippen LogP) is 2.59. The lowest BCUT2D eigenvalue weighted by Crippen LogP contribution is -2.47. The first-order chi connectivity index (χ1) is 15.3. The van der Waals surface area contributed by atoms with Crippen LogP contribution in [0.15, 0.2) is 59.4 Å². The molecule has 2 rings (SSSR count). The molecule has 2 atom stereocenters. The van der Waals surface area contributed by atoms with Crippen LogP contribution in [0.2, 0.25) is 0 Å². The lowest BCUT2D eigenvalue weighted by Gasteiger charge is -2.28. The van der Waals surface area contributed by atoms with Crippen molar-refractivity contribution in [1.29, 1.82) is 0 Å². The van der Waals surface area contributed by atoms with Gasteiger partial charge in [-0.15, -0.1) is 12.4 Å². The third-order valence-corrected chi connectivity index (χ3v) is 5.84. The number of halogens is 1. The Morgan fingerprint density at radius 3 is 2.23 bits per heavy atom. The first-order valence-electron chi connectivity index (χ1n) is 11.0. The van der Waals surface area contributed by atoms with Crippen LogP contribution < -0.4 is 5.73 Å². The van der Waals surface area contributed by atoms with Gasteiger partial charge in [-0.05, 0) is 30.0 Å². The van der Waals surface area contributed by atoms with Crippen LogP contribution in [0.4, 0.5) is 5.69 Å². The van der Waals surface area contributed by atoms with E-state index >= 15 is 0 Å². The molecule has 0 aliphatic carbocycles. The highest BCUT2D eigenvalue weighted by Crippen LogP contribution is 2.21. The van der Waals surface area contributed by atoms with Crippen molar-refractivity contribution < 1.29 is 23.9 Å². The Labute approximate surface area is 188 Å². The van der Waals surface area contributed by atoms with E-state index in [4.69, 9.17) is 11.2 Å². The number of benzene rings is 2. The number of hydrogen-bond acceptors (Lipinski definition) is 6. The normalized spacial score (nSPS) is 15.5. The van der Waals surface area contributed by atoms with E-state index in [-0.39, 0.29) is 31.3 Å². The van der Waals surface area contributed by atoms with E-state index in [2.05, 4.69) is 0 Å². The molecular weight excluding hydrogens is 430 g/mol. The van der Waals surface area contributed by atoms with Gasteiger partial charge in [-0.25, -0.2) is 8.42 Å². The lowest BCUT2D eigenvalue weighted by atomic mass is 10.0. The van der Waals surface area contributed by atoms with Gasteiger partial charge in [0.1, 0.15) is 0 Å². The maximum absolute atomic E-state index is 13.4. The Kier molecular flexibility index (Phi) is 7.55. The predicted molar refractivity (Wildman–Crippen MR) is 118 cm³/mol. The molecule has 0 spiro atoms. The van der Waals surface area contributed by atoms with Crippen molar-refractivity contribution >= 4 is 28.1 Å². The number of sulfonamides is 1. The summed E-state index contributed by atoms with van der Waals surface area (Å²) in [5.41, 5.74) is 5.83. The molecule has 2 aromatic rings. The number of nitro benzene ring substituents is 1. The standard InChI is InChI=1S/C20H27N3O5S.ClH/c1-15(2)13-22(14-20(24)19(21)12-16-6-4-3-5-7-16)29(27,28)18-10-8-17(9-11-18)23(25)26;/h3-11,15,19-20,24H,12-14,21H2,1-2H3;1H/t19-,20+;/m0./s1/i8D,9D,10D,11D;. The van der Waals surface area contributed by atoms with Crippen molar-refractivity contribution in [3.63, 3.8) is 0 Å². The summed E-state index contributed by atoms with van der Waals surface area (Å²) < 4.78 is 59.4. The van der Waals surface area contributed by atoms with E-state index in [1.165, 1.54) is 0 Å². The molecule has 0 amide bonds. The minimum absolute atomic E-state index is 0. The number of rotatable bonds is 10. The van der Waals surface area contributed by atoms with Crippen LogP contribution in [0.5, 0.6) is 0 Å². The van der Waals surface area contributed by atoms with Gasteiger partial charge < -0.3 is 10.8 Å². The first-order valence-corrected chi connectivity index (χ1v) is 10.4. The second-order valence-corrected chi connectivity index (χ2v) is 8.95. The van der Waals surface area contributed by atoms with Gasteiger partial charge in [0.2, 0.25) is 10.0 Å². The average Bonchev–Trinajstić information content (AvgIpc) is 2.72. The summed E-state index contributed by atoms with van der Waals surface area (Å²) in [7, 11) is -4.67. The summed E-state index contributed by atoms with van der Waals surface area (Å²) in [6.45, 7) is 2.90. The molecule has 0 bridgehead atoms. The van der Waals surface area contributed by atoms with Crippen molar-refractivity contribution in [2.75, 3.05) is 13.1 Å². The van der Waals surface area contributed by atoms with E-state index < -0.39 is 68.4 Å². The maximum Gasteiger partial charge on any atom is 0.269 e. The van der Waals surface area contributed by atoms with Crippen LogP contribution >= 0.6 is 12.4 Å². The highest BCUT2D eigenvalue weighted by molar-refractivity contribution is 7.89.